The molecule has 2 aliphatic carbocycles. The van der Waals surface area contributed by atoms with Crippen LogP contribution in [0.25, 0.3) is 0 Å². The third-order valence-electron chi connectivity index (χ3n) is 3.05. The first kappa shape index (κ1) is 9.59. The highest BCUT2D eigenvalue weighted by Crippen LogP contribution is 2.47. The Hall–Kier alpha value is -0.500. The van der Waals surface area contributed by atoms with Gasteiger partial charge in [-0.3, -0.25) is 4.79 Å². The minimum atomic E-state index is -0.610. The molecule has 2 bridgehead atoms. The third-order valence-corrected chi connectivity index (χ3v) is 3.05. The van der Waals surface area contributed by atoms with Gasteiger partial charge in [-0.05, 0) is 31.6 Å². The van der Waals surface area contributed by atoms with Gasteiger partial charge in [-0.15, -0.1) is 12.4 Å². The highest BCUT2D eigenvalue weighted by atomic mass is 35.5. The first-order valence-corrected chi connectivity index (χ1v) is 4.09. The van der Waals surface area contributed by atoms with Crippen LogP contribution in [0.15, 0.2) is 11.6 Å². The van der Waals surface area contributed by atoms with E-state index < -0.39 is 5.97 Å². The van der Waals surface area contributed by atoms with Crippen LogP contribution < -0.4 is 0 Å². The fourth-order valence-electron chi connectivity index (χ4n) is 2.38. The Morgan fingerprint density at radius 2 is 2.25 bits per heavy atom. The smallest absolute Gasteiger partial charge is 0.307 e. The molecule has 1 saturated carbocycles. The van der Waals surface area contributed by atoms with Crippen molar-refractivity contribution >= 4 is 18.4 Å². The molecule has 0 saturated heterocycles. The van der Waals surface area contributed by atoms with Gasteiger partial charge in [-0.2, -0.15) is 0 Å². The molecular formula is C9H13ClO2. The molecule has 2 nitrogen and oxygen atoms in total. The summed E-state index contributed by atoms with van der Waals surface area (Å²) in [6.07, 6.45) is 4.11. The summed E-state index contributed by atoms with van der Waals surface area (Å²) in [6.45, 7) is 2.11. The molecule has 0 amide bonds. The largest absolute Gasteiger partial charge is 0.481 e. The van der Waals surface area contributed by atoms with Crippen molar-refractivity contribution in [2.45, 2.75) is 19.8 Å². The maximum Gasteiger partial charge on any atom is 0.307 e. The summed E-state index contributed by atoms with van der Waals surface area (Å²) in [5.41, 5.74) is 1.41. The van der Waals surface area contributed by atoms with Crippen LogP contribution in [0.1, 0.15) is 19.8 Å². The number of carbonyl (C=O) groups is 1. The second kappa shape index (κ2) is 3.09. The molecule has 0 aromatic rings. The summed E-state index contributed by atoms with van der Waals surface area (Å²) >= 11 is 0. The second-order valence-corrected chi connectivity index (χ2v) is 3.69. The van der Waals surface area contributed by atoms with E-state index in [1.54, 1.807) is 0 Å². The van der Waals surface area contributed by atoms with Gasteiger partial charge in [0.15, 0.2) is 0 Å². The molecule has 3 atom stereocenters. The number of rotatable bonds is 1. The number of carboxylic acids is 1. The van der Waals surface area contributed by atoms with Gasteiger partial charge in [0, 0.05) is 0 Å². The van der Waals surface area contributed by atoms with E-state index in [9.17, 15) is 4.79 Å². The average Bonchev–Trinajstić information content (AvgIpc) is 2.43. The Morgan fingerprint density at radius 1 is 1.58 bits per heavy atom. The van der Waals surface area contributed by atoms with E-state index in [0.29, 0.717) is 11.8 Å². The zero-order valence-corrected chi connectivity index (χ0v) is 7.80. The van der Waals surface area contributed by atoms with Crippen LogP contribution in [-0.2, 0) is 4.79 Å². The van der Waals surface area contributed by atoms with Gasteiger partial charge in [0.2, 0.25) is 0 Å². The Bertz CT molecular complexity index is 235. The van der Waals surface area contributed by atoms with Crippen molar-refractivity contribution in [1.82, 2.24) is 0 Å². The molecular weight excluding hydrogens is 176 g/mol. The molecule has 12 heavy (non-hydrogen) atoms. The Labute approximate surface area is 78.1 Å². The predicted molar refractivity (Wildman–Crippen MR) is 48.3 cm³/mol. The SMILES string of the molecule is CC1=CC2CC1CC2C(=O)O.Cl. The number of hydrogen-bond acceptors (Lipinski definition) is 1. The van der Waals surface area contributed by atoms with Crippen molar-refractivity contribution in [2.75, 3.05) is 0 Å². The van der Waals surface area contributed by atoms with Gasteiger partial charge in [0.25, 0.3) is 0 Å². The molecule has 0 spiro atoms. The zero-order chi connectivity index (χ0) is 8.01. The van der Waals surface area contributed by atoms with Crippen molar-refractivity contribution in [3.8, 4) is 0 Å². The van der Waals surface area contributed by atoms with Crippen LogP contribution in [0.2, 0.25) is 0 Å². The average molecular weight is 189 g/mol. The van der Waals surface area contributed by atoms with Gasteiger partial charge in [-0.25, -0.2) is 0 Å². The van der Waals surface area contributed by atoms with Crippen molar-refractivity contribution in [3.63, 3.8) is 0 Å². The van der Waals surface area contributed by atoms with Gasteiger partial charge in [0.1, 0.15) is 0 Å². The number of halogens is 1. The fraction of sp³-hybridized carbons (Fsp3) is 0.667. The molecule has 1 N–H and O–H groups in total. The molecule has 68 valence electrons. The van der Waals surface area contributed by atoms with Crippen LogP contribution in [0.3, 0.4) is 0 Å². The standard InChI is InChI=1S/C9H12O2.ClH/c1-5-2-7-3-6(5)4-8(7)9(10)11;/h2,6-8H,3-4H2,1H3,(H,10,11);1H. The lowest BCUT2D eigenvalue weighted by atomic mass is 9.90. The Balaban J connectivity index is 0.000000720. The number of allylic oxidation sites excluding steroid dienone is 2. The molecule has 0 aromatic carbocycles. The molecule has 0 radical (unpaired) electrons. The van der Waals surface area contributed by atoms with Crippen molar-refractivity contribution in [3.05, 3.63) is 11.6 Å². The van der Waals surface area contributed by atoms with E-state index >= 15 is 0 Å². The van der Waals surface area contributed by atoms with Crippen LogP contribution in [0.4, 0.5) is 0 Å². The minimum absolute atomic E-state index is 0. The molecule has 3 unspecified atom stereocenters. The molecule has 0 aromatic heterocycles. The molecule has 3 heteroatoms. The molecule has 1 fully saturated rings. The van der Waals surface area contributed by atoms with E-state index in [4.69, 9.17) is 5.11 Å². The van der Waals surface area contributed by atoms with Crippen molar-refractivity contribution in [1.29, 1.82) is 0 Å². The van der Waals surface area contributed by atoms with Crippen molar-refractivity contribution in [2.24, 2.45) is 17.8 Å². The van der Waals surface area contributed by atoms with Crippen LogP contribution in [0.5, 0.6) is 0 Å². The molecule has 2 rings (SSSR count). The molecule has 2 aliphatic rings. The summed E-state index contributed by atoms with van der Waals surface area (Å²) in [7, 11) is 0. The Morgan fingerprint density at radius 3 is 2.58 bits per heavy atom. The quantitative estimate of drug-likeness (QED) is 0.640. The monoisotopic (exact) mass is 188 g/mol. The lowest BCUT2D eigenvalue weighted by Crippen LogP contribution is -2.18. The fourth-order valence-corrected chi connectivity index (χ4v) is 2.38. The van der Waals surface area contributed by atoms with E-state index in [1.807, 2.05) is 0 Å². The van der Waals surface area contributed by atoms with Gasteiger partial charge in [0.05, 0.1) is 5.92 Å². The number of fused-ring (bicyclic) bond motifs is 2. The van der Waals surface area contributed by atoms with Gasteiger partial charge in [-0.1, -0.05) is 11.6 Å². The van der Waals surface area contributed by atoms with E-state index in [-0.39, 0.29) is 18.3 Å². The first-order valence-electron chi connectivity index (χ1n) is 4.09. The summed E-state index contributed by atoms with van der Waals surface area (Å²) in [6, 6.07) is 0. The summed E-state index contributed by atoms with van der Waals surface area (Å²) < 4.78 is 0. The lowest BCUT2D eigenvalue weighted by Gasteiger charge is -2.14. The normalized spacial score (nSPS) is 37.4. The van der Waals surface area contributed by atoms with E-state index in [1.165, 1.54) is 5.57 Å². The zero-order valence-electron chi connectivity index (χ0n) is 6.99. The van der Waals surface area contributed by atoms with Gasteiger partial charge >= 0.3 is 5.97 Å². The van der Waals surface area contributed by atoms with Crippen LogP contribution in [-0.4, -0.2) is 11.1 Å². The highest BCUT2D eigenvalue weighted by molar-refractivity contribution is 5.85. The van der Waals surface area contributed by atoms with Crippen molar-refractivity contribution < 1.29 is 9.90 Å². The Kier molecular flexibility index (Phi) is 2.47. The first-order chi connectivity index (χ1) is 5.18. The predicted octanol–water partition coefficient (Wildman–Crippen LogP) is 2.10. The summed E-state index contributed by atoms with van der Waals surface area (Å²) in [5, 5.41) is 8.79. The maximum atomic E-state index is 10.7. The van der Waals surface area contributed by atoms with Crippen LogP contribution >= 0.6 is 12.4 Å². The number of carboxylic acid groups (broad SMARTS) is 1. The van der Waals surface area contributed by atoms with Crippen LogP contribution in [0, 0.1) is 17.8 Å². The second-order valence-electron chi connectivity index (χ2n) is 3.69. The molecule has 0 heterocycles. The van der Waals surface area contributed by atoms with Gasteiger partial charge < -0.3 is 5.11 Å². The summed E-state index contributed by atoms with van der Waals surface area (Å²) in [4.78, 5) is 10.7. The lowest BCUT2D eigenvalue weighted by molar-refractivity contribution is -0.142. The summed E-state index contributed by atoms with van der Waals surface area (Å²) in [5.74, 6) is 0.239. The maximum absolute atomic E-state index is 10.7. The number of aliphatic carboxylic acids is 1. The topological polar surface area (TPSA) is 37.3 Å². The van der Waals surface area contributed by atoms with E-state index in [2.05, 4.69) is 13.0 Å². The minimum Gasteiger partial charge on any atom is -0.481 e. The van der Waals surface area contributed by atoms with E-state index in [0.717, 1.165) is 12.8 Å². The number of hydrogen-bond donors (Lipinski definition) is 1. The third kappa shape index (κ3) is 1.24. The molecule has 0 aliphatic heterocycles. The highest BCUT2D eigenvalue weighted by Gasteiger charge is 2.42.